The fourth-order valence-corrected chi connectivity index (χ4v) is 5.99. The number of rotatable bonds is 12. The van der Waals surface area contributed by atoms with Crippen LogP contribution >= 0.6 is 19.3 Å². The van der Waals surface area contributed by atoms with Crippen LogP contribution in [0.4, 0.5) is 10.2 Å². The topological polar surface area (TPSA) is 159 Å². The number of para-hydroxylation sites is 1. The summed E-state index contributed by atoms with van der Waals surface area (Å²) in [5.74, 6) is -0.125. The average Bonchev–Trinajstić information content (AvgIpc) is 3.46. The van der Waals surface area contributed by atoms with E-state index in [9.17, 15) is 14.5 Å². The smallest absolute Gasteiger partial charge is 0.459 e. The lowest BCUT2D eigenvalue weighted by molar-refractivity contribution is -0.144. The minimum atomic E-state index is -4.34. The summed E-state index contributed by atoms with van der Waals surface area (Å²) in [5, 5.41) is 16.4. The van der Waals surface area contributed by atoms with Crippen LogP contribution in [0.25, 0.3) is 11.2 Å². The number of nitrogens with one attached hydrogen (secondary N) is 2. The number of aryl methyl sites for hydroxylation is 1. The summed E-state index contributed by atoms with van der Waals surface area (Å²) < 4.78 is 53.0. The fraction of sp³-hybridized carbons (Fsp3) is 0.500. The fourth-order valence-electron chi connectivity index (χ4n) is 4.15. The van der Waals surface area contributed by atoms with E-state index in [0.717, 1.165) is 0 Å². The Bertz CT molecular complexity index is 1380. The number of imidazole rings is 1. The molecular formula is C24H31ClFN6O7P. The Hall–Kier alpha value is -2.87. The number of esters is 1. The summed E-state index contributed by atoms with van der Waals surface area (Å²) in [5.41, 5.74) is -1.22. The van der Waals surface area contributed by atoms with Crippen LogP contribution in [-0.2, 0) is 23.4 Å². The molecule has 3 aromatic rings. The monoisotopic (exact) mass is 600 g/mol. The maximum Gasteiger partial charge on any atom is 0.459 e. The summed E-state index contributed by atoms with van der Waals surface area (Å²) in [6.45, 7) is 4.16. The molecule has 3 heterocycles. The third-order valence-electron chi connectivity index (χ3n) is 6.18. The Kier molecular flexibility index (Phi) is 9.28. The number of ether oxygens (including phenoxy) is 2. The van der Waals surface area contributed by atoms with Gasteiger partial charge in [-0.3, -0.25) is 13.9 Å². The largest absolute Gasteiger partial charge is 0.465 e. The van der Waals surface area contributed by atoms with Gasteiger partial charge < -0.3 is 24.4 Å². The Labute approximate surface area is 234 Å². The summed E-state index contributed by atoms with van der Waals surface area (Å²) in [4.78, 5) is 25.1. The van der Waals surface area contributed by atoms with Crippen LogP contribution in [0.2, 0.25) is 0 Å². The maximum atomic E-state index is 15.6. The first-order valence-electron chi connectivity index (χ1n) is 12.4. The average molecular weight is 601 g/mol. The number of aliphatic hydroxyl groups excluding tert-OH is 1. The van der Waals surface area contributed by atoms with Gasteiger partial charge in [-0.05, 0) is 32.9 Å². The molecule has 0 aliphatic carbocycles. The third-order valence-corrected chi connectivity index (χ3v) is 8.25. The molecule has 6 atom stereocenters. The molecule has 1 aliphatic rings. The van der Waals surface area contributed by atoms with Gasteiger partial charge in [0.1, 0.15) is 29.3 Å². The highest BCUT2D eigenvalue weighted by Crippen LogP contribution is 2.49. The molecule has 13 nitrogen and oxygen atoms in total. The number of aromatic nitrogens is 4. The molecule has 1 aliphatic heterocycles. The standard InChI is InChI=1S/C24H31ClFN6O7P/c1-5-36-23(34)14(2)31-40(35,39-16-9-7-6-8-10-16)37-12-24(11-25)19(33)17(26)22(38-24)32-13-28-18-20(27-4)29-15(3)30-21(18)32/h6-10,13-14,17,19,22,33H,5,11-12H2,1-4H3,(H,31,35)(H,27,29,30)/t14-,17-,19-,22+,24+,40-/m0/s1. The van der Waals surface area contributed by atoms with Crippen LogP contribution in [0, 0.1) is 6.92 Å². The molecule has 0 spiro atoms. The van der Waals surface area contributed by atoms with Crippen LogP contribution in [-0.4, -0.2) is 80.7 Å². The molecule has 0 amide bonds. The van der Waals surface area contributed by atoms with Gasteiger partial charge in [0, 0.05) is 7.05 Å². The summed E-state index contributed by atoms with van der Waals surface area (Å²) in [7, 11) is -2.67. The van der Waals surface area contributed by atoms with E-state index in [1.165, 1.54) is 30.0 Å². The number of carbonyl (C=O) groups excluding carboxylic acids is 1. The summed E-state index contributed by atoms with van der Waals surface area (Å²) in [6.07, 6.45) is -3.87. The molecule has 16 heteroatoms. The van der Waals surface area contributed by atoms with E-state index < -0.39 is 56.3 Å². The number of hydrogen-bond acceptors (Lipinski definition) is 11. The number of nitrogens with zero attached hydrogens (tertiary/aromatic N) is 4. The Balaban J connectivity index is 1.61. The Morgan fingerprint density at radius 3 is 2.73 bits per heavy atom. The molecule has 218 valence electrons. The minimum absolute atomic E-state index is 0.105. The van der Waals surface area contributed by atoms with Crippen molar-refractivity contribution in [1.29, 1.82) is 0 Å². The van der Waals surface area contributed by atoms with Crippen molar-refractivity contribution >= 4 is 42.3 Å². The number of benzene rings is 1. The van der Waals surface area contributed by atoms with Crippen molar-refractivity contribution in [2.24, 2.45) is 0 Å². The van der Waals surface area contributed by atoms with Crippen molar-refractivity contribution in [1.82, 2.24) is 24.6 Å². The van der Waals surface area contributed by atoms with Crippen molar-refractivity contribution in [3.63, 3.8) is 0 Å². The second-order valence-electron chi connectivity index (χ2n) is 9.07. The van der Waals surface area contributed by atoms with Gasteiger partial charge in [0.25, 0.3) is 0 Å². The van der Waals surface area contributed by atoms with Gasteiger partial charge in [-0.25, -0.2) is 23.9 Å². The molecule has 1 fully saturated rings. The van der Waals surface area contributed by atoms with Crippen LogP contribution < -0.4 is 14.9 Å². The molecule has 1 aromatic carbocycles. The molecule has 0 saturated carbocycles. The number of halogens is 2. The van der Waals surface area contributed by atoms with Gasteiger partial charge in [-0.2, -0.15) is 5.09 Å². The zero-order valence-corrected chi connectivity index (χ0v) is 23.9. The lowest BCUT2D eigenvalue weighted by Crippen LogP contribution is -2.48. The molecule has 0 radical (unpaired) electrons. The Morgan fingerprint density at radius 2 is 2.08 bits per heavy atom. The van der Waals surface area contributed by atoms with Gasteiger partial charge in [0.15, 0.2) is 29.4 Å². The molecule has 3 N–H and O–H groups in total. The predicted molar refractivity (Wildman–Crippen MR) is 144 cm³/mol. The van der Waals surface area contributed by atoms with E-state index in [-0.39, 0.29) is 18.0 Å². The van der Waals surface area contributed by atoms with E-state index in [2.05, 4.69) is 25.4 Å². The van der Waals surface area contributed by atoms with Crippen molar-refractivity contribution in [2.45, 2.75) is 50.9 Å². The number of carbonyl (C=O) groups is 1. The van der Waals surface area contributed by atoms with Gasteiger partial charge in [-0.1, -0.05) is 18.2 Å². The van der Waals surface area contributed by atoms with E-state index in [0.29, 0.717) is 17.2 Å². The first-order chi connectivity index (χ1) is 19.1. The zero-order valence-electron chi connectivity index (χ0n) is 22.3. The number of anilines is 1. The van der Waals surface area contributed by atoms with Crippen molar-refractivity contribution in [3.8, 4) is 5.75 Å². The Morgan fingerprint density at radius 1 is 1.35 bits per heavy atom. The summed E-state index contributed by atoms with van der Waals surface area (Å²) in [6, 6.07) is 7.00. The second-order valence-corrected chi connectivity index (χ2v) is 11.0. The number of aliphatic hydroxyl groups is 1. The van der Waals surface area contributed by atoms with E-state index in [1.807, 2.05) is 0 Å². The predicted octanol–water partition coefficient (Wildman–Crippen LogP) is 3.13. The van der Waals surface area contributed by atoms with E-state index >= 15 is 4.39 Å². The van der Waals surface area contributed by atoms with Crippen molar-refractivity contribution in [2.75, 3.05) is 31.5 Å². The van der Waals surface area contributed by atoms with Crippen molar-refractivity contribution in [3.05, 3.63) is 42.5 Å². The SMILES string of the molecule is CCOC(=O)[C@H](C)N[P@](=O)(OC[C@@]1(CCl)O[C@@H](n2cnc3c(NC)nc(C)nc32)[C@@H](F)[C@@H]1O)Oc1ccccc1. The first-order valence-corrected chi connectivity index (χ1v) is 14.5. The highest BCUT2D eigenvalue weighted by atomic mass is 35.5. The summed E-state index contributed by atoms with van der Waals surface area (Å²) >= 11 is 6.21. The lowest BCUT2D eigenvalue weighted by atomic mass is 9.99. The molecule has 2 aromatic heterocycles. The normalized spacial score (nSPS) is 24.9. The van der Waals surface area contributed by atoms with E-state index in [4.69, 9.17) is 30.1 Å². The highest BCUT2D eigenvalue weighted by Gasteiger charge is 2.57. The molecular weight excluding hydrogens is 570 g/mol. The molecule has 40 heavy (non-hydrogen) atoms. The first kappa shape index (κ1) is 30.1. The molecule has 0 bridgehead atoms. The molecule has 1 saturated heterocycles. The number of alkyl halides is 2. The highest BCUT2D eigenvalue weighted by molar-refractivity contribution is 7.52. The number of fused-ring (bicyclic) bond motifs is 1. The zero-order chi connectivity index (χ0) is 29.1. The maximum absolute atomic E-state index is 15.6. The van der Waals surface area contributed by atoms with Gasteiger partial charge >= 0.3 is 13.7 Å². The lowest BCUT2D eigenvalue weighted by Gasteiger charge is -2.31. The number of hydrogen-bond donors (Lipinski definition) is 3. The van der Waals surface area contributed by atoms with Gasteiger partial charge in [-0.15, -0.1) is 11.6 Å². The van der Waals surface area contributed by atoms with Crippen LogP contribution in [0.1, 0.15) is 25.9 Å². The van der Waals surface area contributed by atoms with Gasteiger partial charge in [0.05, 0.1) is 25.4 Å². The second kappa shape index (κ2) is 12.3. The van der Waals surface area contributed by atoms with Crippen LogP contribution in [0.3, 0.4) is 0 Å². The molecule has 4 rings (SSSR count). The van der Waals surface area contributed by atoms with Crippen molar-refractivity contribution < 1.29 is 37.4 Å². The third kappa shape index (κ3) is 6.07. The van der Waals surface area contributed by atoms with Crippen LogP contribution in [0.5, 0.6) is 5.75 Å². The molecule has 0 unspecified atom stereocenters. The van der Waals surface area contributed by atoms with Crippen LogP contribution in [0.15, 0.2) is 36.7 Å². The minimum Gasteiger partial charge on any atom is -0.465 e. The van der Waals surface area contributed by atoms with Gasteiger partial charge in [0.2, 0.25) is 0 Å². The quantitative estimate of drug-likeness (QED) is 0.159. The van der Waals surface area contributed by atoms with E-state index in [1.54, 1.807) is 39.1 Å².